The zero-order valence-electron chi connectivity index (χ0n) is 16.7. The van der Waals surface area contributed by atoms with E-state index in [1.54, 1.807) is 4.90 Å². The van der Waals surface area contributed by atoms with Gasteiger partial charge < -0.3 is 4.90 Å². The molecule has 154 valence electrons. The van der Waals surface area contributed by atoms with Gasteiger partial charge >= 0.3 is 0 Å². The SMILES string of the molecule is CN(C)S(=O)(=O)c1ccc(Cl)c(C(=O)N2Cc3ccccc3-c3ccccc3C2)c1. The van der Waals surface area contributed by atoms with Gasteiger partial charge in [-0.25, -0.2) is 12.7 Å². The number of rotatable bonds is 3. The molecule has 0 bridgehead atoms. The van der Waals surface area contributed by atoms with Gasteiger partial charge in [0.1, 0.15) is 0 Å². The third-order valence-electron chi connectivity index (χ3n) is 5.28. The van der Waals surface area contributed by atoms with Crippen LogP contribution in [0.15, 0.2) is 71.6 Å². The molecule has 5 nitrogen and oxygen atoms in total. The minimum atomic E-state index is -3.68. The van der Waals surface area contributed by atoms with Crippen molar-refractivity contribution in [3.05, 3.63) is 88.4 Å². The molecule has 0 fully saturated rings. The Kier molecular flexibility index (Phi) is 5.40. The monoisotopic (exact) mass is 440 g/mol. The molecule has 1 aliphatic rings. The third-order valence-corrected chi connectivity index (χ3v) is 7.42. The fourth-order valence-corrected chi connectivity index (χ4v) is 4.79. The maximum absolute atomic E-state index is 13.5. The molecule has 1 aliphatic heterocycles. The number of halogens is 1. The molecule has 0 atom stereocenters. The third kappa shape index (κ3) is 3.62. The quantitative estimate of drug-likeness (QED) is 0.606. The van der Waals surface area contributed by atoms with Crippen molar-refractivity contribution in [3.8, 4) is 11.1 Å². The fourth-order valence-electron chi connectivity index (χ4n) is 3.66. The predicted molar refractivity (Wildman–Crippen MR) is 118 cm³/mol. The lowest BCUT2D eigenvalue weighted by molar-refractivity contribution is 0.0732. The number of benzene rings is 3. The number of nitrogens with zero attached hydrogens (tertiary/aromatic N) is 2. The van der Waals surface area contributed by atoms with Crippen LogP contribution < -0.4 is 0 Å². The smallest absolute Gasteiger partial charge is 0.256 e. The average Bonchev–Trinajstić information content (AvgIpc) is 2.90. The van der Waals surface area contributed by atoms with E-state index in [0.29, 0.717) is 13.1 Å². The minimum absolute atomic E-state index is 0.0378. The van der Waals surface area contributed by atoms with Crippen molar-refractivity contribution in [1.82, 2.24) is 9.21 Å². The standard InChI is InChI=1S/C23H21ClN2O3S/c1-25(2)30(28,29)18-11-12-22(24)21(13-18)23(27)26-14-16-7-3-5-9-19(16)20-10-6-4-8-17(20)15-26/h3-13H,14-15H2,1-2H3. The van der Waals surface area contributed by atoms with E-state index in [0.717, 1.165) is 26.6 Å². The van der Waals surface area contributed by atoms with Crippen molar-refractivity contribution >= 4 is 27.5 Å². The highest BCUT2D eigenvalue weighted by atomic mass is 35.5. The first-order valence-electron chi connectivity index (χ1n) is 9.46. The van der Waals surface area contributed by atoms with Crippen molar-refractivity contribution in [2.24, 2.45) is 0 Å². The van der Waals surface area contributed by atoms with Crippen LogP contribution in [0.2, 0.25) is 5.02 Å². The van der Waals surface area contributed by atoms with Crippen LogP contribution in [-0.2, 0) is 23.1 Å². The Balaban J connectivity index is 1.78. The van der Waals surface area contributed by atoms with Crippen molar-refractivity contribution in [1.29, 1.82) is 0 Å². The molecule has 0 spiro atoms. The Bertz CT molecular complexity index is 1190. The molecule has 30 heavy (non-hydrogen) atoms. The maximum atomic E-state index is 13.5. The predicted octanol–water partition coefficient (Wildman–Crippen LogP) is 4.41. The van der Waals surface area contributed by atoms with E-state index < -0.39 is 10.0 Å². The van der Waals surface area contributed by atoms with Crippen molar-refractivity contribution in [2.45, 2.75) is 18.0 Å². The van der Waals surface area contributed by atoms with Gasteiger partial charge in [-0.15, -0.1) is 0 Å². The summed E-state index contributed by atoms with van der Waals surface area (Å²) in [6.45, 7) is 0.815. The summed E-state index contributed by atoms with van der Waals surface area (Å²) in [7, 11) is -0.776. The van der Waals surface area contributed by atoms with Crippen molar-refractivity contribution in [2.75, 3.05) is 14.1 Å². The zero-order chi connectivity index (χ0) is 21.5. The lowest BCUT2D eigenvalue weighted by Crippen LogP contribution is -2.30. The lowest BCUT2D eigenvalue weighted by Gasteiger charge is -2.23. The highest BCUT2D eigenvalue weighted by Gasteiger charge is 2.26. The van der Waals surface area contributed by atoms with E-state index in [2.05, 4.69) is 12.1 Å². The van der Waals surface area contributed by atoms with Gasteiger partial charge in [0.2, 0.25) is 10.0 Å². The van der Waals surface area contributed by atoms with Crippen LogP contribution in [0, 0.1) is 0 Å². The average molecular weight is 441 g/mol. The molecule has 0 aliphatic carbocycles. The summed E-state index contributed by atoms with van der Waals surface area (Å²) >= 11 is 6.33. The molecular formula is C23H21ClN2O3S. The molecule has 1 amide bonds. The topological polar surface area (TPSA) is 57.7 Å². The van der Waals surface area contributed by atoms with Gasteiger partial charge in [0.25, 0.3) is 5.91 Å². The van der Waals surface area contributed by atoms with Crippen LogP contribution in [0.5, 0.6) is 0 Å². The number of hydrogen-bond acceptors (Lipinski definition) is 3. The molecule has 0 saturated heterocycles. The second-order valence-electron chi connectivity index (χ2n) is 7.40. The van der Waals surface area contributed by atoms with Gasteiger partial charge in [0.05, 0.1) is 15.5 Å². The molecule has 0 aromatic heterocycles. The molecule has 0 saturated carbocycles. The molecule has 4 rings (SSSR count). The first kappa shape index (κ1) is 20.6. The van der Waals surface area contributed by atoms with Crippen LogP contribution in [0.4, 0.5) is 0 Å². The normalized spacial score (nSPS) is 13.5. The summed E-state index contributed by atoms with van der Waals surface area (Å²) in [5.74, 6) is -0.303. The highest BCUT2D eigenvalue weighted by Crippen LogP contribution is 2.34. The largest absolute Gasteiger partial charge is 0.330 e. The van der Waals surface area contributed by atoms with Crippen LogP contribution in [0.3, 0.4) is 0 Å². The maximum Gasteiger partial charge on any atom is 0.256 e. The zero-order valence-corrected chi connectivity index (χ0v) is 18.2. The first-order valence-corrected chi connectivity index (χ1v) is 11.3. The molecule has 0 N–H and O–H groups in total. The van der Waals surface area contributed by atoms with E-state index in [1.807, 2.05) is 36.4 Å². The first-order chi connectivity index (χ1) is 14.3. The Morgan fingerprint density at radius 2 is 1.43 bits per heavy atom. The van der Waals surface area contributed by atoms with Crippen LogP contribution in [0.25, 0.3) is 11.1 Å². The number of hydrogen-bond donors (Lipinski definition) is 0. The van der Waals surface area contributed by atoms with Gasteiger partial charge in [0, 0.05) is 27.2 Å². The van der Waals surface area contributed by atoms with Crippen LogP contribution in [0.1, 0.15) is 21.5 Å². The van der Waals surface area contributed by atoms with Crippen molar-refractivity contribution in [3.63, 3.8) is 0 Å². The molecular weight excluding hydrogens is 420 g/mol. The second-order valence-corrected chi connectivity index (χ2v) is 9.96. The molecule has 7 heteroatoms. The molecule has 3 aromatic rings. The number of carbonyl (C=O) groups is 1. The van der Waals surface area contributed by atoms with E-state index >= 15 is 0 Å². The Hall–Kier alpha value is -2.67. The molecule has 0 radical (unpaired) electrons. The van der Waals surface area contributed by atoms with E-state index in [4.69, 9.17) is 11.6 Å². The summed E-state index contributed by atoms with van der Waals surface area (Å²) in [6, 6.07) is 20.2. The number of carbonyl (C=O) groups excluding carboxylic acids is 1. The van der Waals surface area contributed by atoms with E-state index in [9.17, 15) is 13.2 Å². The van der Waals surface area contributed by atoms with E-state index in [1.165, 1.54) is 32.3 Å². The molecule has 1 heterocycles. The summed E-state index contributed by atoms with van der Waals surface area (Å²) < 4.78 is 26.2. The lowest BCUT2D eigenvalue weighted by atomic mass is 9.97. The van der Waals surface area contributed by atoms with Gasteiger partial charge in [-0.05, 0) is 40.5 Å². The second kappa shape index (κ2) is 7.87. The van der Waals surface area contributed by atoms with Gasteiger partial charge in [-0.3, -0.25) is 4.79 Å². The van der Waals surface area contributed by atoms with E-state index in [-0.39, 0.29) is 21.4 Å². The number of amides is 1. The number of fused-ring (bicyclic) bond motifs is 3. The highest BCUT2D eigenvalue weighted by molar-refractivity contribution is 7.89. The van der Waals surface area contributed by atoms with Gasteiger partial charge in [-0.1, -0.05) is 60.1 Å². The minimum Gasteiger partial charge on any atom is -0.330 e. The molecule has 0 unspecified atom stereocenters. The summed E-state index contributed by atoms with van der Waals surface area (Å²) in [5, 5.41) is 0.225. The van der Waals surface area contributed by atoms with Gasteiger partial charge in [0.15, 0.2) is 0 Å². The van der Waals surface area contributed by atoms with Gasteiger partial charge in [-0.2, -0.15) is 0 Å². The molecule has 3 aromatic carbocycles. The Labute approximate surface area is 181 Å². The summed E-state index contributed by atoms with van der Waals surface area (Å²) in [5.41, 5.74) is 4.43. The fraction of sp³-hybridized carbons (Fsp3) is 0.174. The Morgan fingerprint density at radius 1 is 0.900 bits per heavy atom. The van der Waals surface area contributed by atoms with Crippen LogP contribution >= 0.6 is 11.6 Å². The van der Waals surface area contributed by atoms with Crippen molar-refractivity contribution < 1.29 is 13.2 Å². The Morgan fingerprint density at radius 3 is 1.97 bits per heavy atom. The summed E-state index contributed by atoms with van der Waals surface area (Å²) in [4.78, 5) is 15.2. The summed E-state index contributed by atoms with van der Waals surface area (Å²) in [6.07, 6.45) is 0. The van der Waals surface area contributed by atoms with Crippen LogP contribution in [-0.4, -0.2) is 37.6 Å². The number of sulfonamides is 1.